The van der Waals surface area contributed by atoms with Gasteiger partial charge in [-0.15, -0.1) is 0 Å². The Bertz CT molecular complexity index is 885. The van der Waals surface area contributed by atoms with Crippen molar-refractivity contribution < 1.29 is 9.90 Å². The number of aromatic carboxylic acids is 1. The van der Waals surface area contributed by atoms with Crippen LogP contribution in [0.1, 0.15) is 21.6 Å². The number of hydrogen-bond acceptors (Lipinski definition) is 2. The smallest absolute Gasteiger partial charge is 0.338 e. The van der Waals surface area contributed by atoms with Crippen LogP contribution in [-0.2, 0) is 0 Å². The van der Waals surface area contributed by atoms with Crippen LogP contribution in [0.3, 0.4) is 0 Å². The minimum Gasteiger partial charge on any atom is -0.478 e. The second kappa shape index (κ2) is 5.94. The van der Waals surface area contributed by atoms with Crippen molar-refractivity contribution in [1.29, 1.82) is 0 Å². The van der Waals surface area contributed by atoms with Crippen molar-refractivity contribution in [2.75, 3.05) is 0 Å². The molecule has 0 amide bonds. The lowest BCUT2D eigenvalue weighted by Gasteiger charge is -1.95. The molecular formula is C16H10BrClN2O2. The maximum absolute atomic E-state index is 11.5. The van der Waals surface area contributed by atoms with E-state index in [1.807, 2.05) is 18.2 Å². The number of hydrogen-bond donors (Lipinski definition) is 2. The molecule has 110 valence electrons. The maximum Gasteiger partial charge on any atom is 0.338 e. The summed E-state index contributed by atoms with van der Waals surface area (Å²) in [5, 5.41) is 10.5. The van der Waals surface area contributed by atoms with Crippen molar-refractivity contribution in [1.82, 2.24) is 9.97 Å². The molecule has 0 fully saturated rings. The summed E-state index contributed by atoms with van der Waals surface area (Å²) < 4.78 is 0.885. The first-order valence-corrected chi connectivity index (χ1v) is 7.56. The molecule has 3 rings (SSSR count). The van der Waals surface area contributed by atoms with Crippen LogP contribution in [0.25, 0.3) is 23.1 Å². The Balaban J connectivity index is 2.07. The Kier molecular flexibility index (Phi) is 4.00. The van der Waals surface area contributed by atoms with E-state index >= 15 is 0 Å². The molecule has 0 spiro atoms. The highest BCUT2D eigenvalue weighted by Gasteiger charge is 2.16. The highest BCUT2D eigenvalue weighted by Crippen LogP contribution is 2.27. The van der Waals surface area contributed by atoms with Crippen molar-refractivity contribution in [3.05, 3.63) is 63.0 Å². The quantitative estimate of drug-likeness (QED) is 0.641. The molecule has 2 aromatic heterocycles. The van der Waals surface area contributed by atoms with E-state index < -0.39 is 5.97 Å². The third-order valence-electron chi connectivity index (χ3n) is 3.20. The SMILES string of the molecule is O=C(O)c1c(C=Cc2ccc(Cl)nc2)[nH]c2cc(Br)ccc12. The Morgan fingerprint density at radius 1 is 1.27 bits per heavy atom. The van der Waals surface area contributed by atoms with Crippen LogP contribution in [0.4, 0.5) is 0 Å². The van der Waals surface area contributed by atoms with Gasteiger partial charge in [-0.1, -0.05) is 45.7 Å². The molecule has 0 aliphatic rings. The van der Waals surface area contributed by atoms with Gasteiger partial charge in [-0.25, -0.2) is 9.78 Å². The number of carboxylic acid groups (broad SMARTS) is 1. The molecule has 4 nitrogen and oxygen atoms in total. The van der Waals surface area contributed by atoms with Crippen LogP contribution in [0.2, 0.25) is 5.15 Å². The molecule has 1 aromatic carbocycles. The van der Waals surface area contributed by atoms with Gasteiger partial charge in [0.25, 0.3) is 0 Å². The summed E-state index contributed by atoms with van der Waals surface area (Å²) in [7, 11) is 0. The first kappa shape index (κ1) is 14.8. The maximum atomic E-state index is 11.5. The summed E-state index contributed by atoms with van der Waals surface area (Å²) >= 11 is 9.12. The van der Waals surface area contributed by atoms with Gasteiger partial charge in [0.2, 0.25) is 0 Å². The lowest BCUT2D eigenvalue weighted by atomic mass is 10.1. The van der Waals surface area contributed by atoms with Crippen LogP contribution in [0, 0.1) is 0 Å². The van der Waals surface area contributed by atoms with Gasteiger partial charge < -0.3 is 10.1 Å². The fraction of sp³-hybridized carbons (Fsp3) is 0. The van der Waals surface area contributed by atoms with Crippen molar-refractivity contribution in [2.24, 2.45) is 0 Å². The number of fused-ring (bicyclic) bond motifs is 1. The third-order valence-corrected chi connectivity index (χ3v) is 3.91. The number of nitrogens with one attached hydrogen (secondary N) is 1. The van der Waals surface area contributed by atoms with E-state index in [1.165, 1.54) is 0 Å². The number of benzene rings is 1. The van der Waals surface area contributed by atoms with Gasteiger partial charge in [-0.3, -0.25) is 0 Å². The summed E-state index contributed by atoms with van der Waals surface area (Å²) in [5.74, 6) is -0.970. The normalized spacial score (nSPS) is 11.4. The number of aromatic nitrogens is 2. The summed E-state index contributed by atoms with van der Waals surface area (Å²) in [6.45, 7) is 0. The van der Waals surface area contributed by atoms with Crippen LogP contribution in [0.15, 0.2) is 41.0 Å². The summed E-state index contributed by atoms with van der Waals surface area (Å²) in [5.41, 5.74) is 2.39. The number of nitrogens with zero attached hydrogens (tertiary/aromatic N) is 1. The van der Waals surface area contributed by atoms with Gasteiger partial charge in [0, 0.05) is 21.6 Å². The van der Waals surface area contributed by atoms with E-state index in [9.17, 15) is 9.90 Å². The summed E-state index contributed by atoms with van der Waals surface area (Å²) in [6.07, 6.45) is 5.14. The number of aromatic amines is 1. The highest BCUT2D eigenvalue weighted by atomic mass is 79.9. The molecule has 2 N–H and O–H groups in total. The fourth-order valence-electron chi connectivity index (χ4n) is 2.21. The van der Waals surface area contributed by atoms with E-state index in [0.717, 1.165) is 15.6 Å². The van der Waals surface area contributed by atoms with E-state index in [-0.39, 0.29) is 5.56 Å². The molecule has 0 saturated carbocycles. The first-order valence-electron chi connectivity index (χ1n) is 6.39. The predicted molar refractivity (Wildman–Crippen MR) is 91.1 cm³/mol. The average molecular weight is 378 g/mol. The zero-order valence-electron chi connectivity index (χ0n) is 11.2. The number of H-pyrrole nitrogens is 1. The van der Waals surface area contributed by atoms with Gasteiger partial charge in [-0.2, -0.15) is 0 Å². The van der Waals surface area contributed by atoms with Crippen LogP contribution < -0.4 is 0 Å². The number of rotatable bonds is 3. The molecule has 0 aliphatic carbocycles. The second-order valence-electron chi connectivity index (χ2n) is 4.66. The van der Waals surface area contributed by atoms with Gasteiger partial charge >= 0.3 is 5.97 Å². The summed E-state index contributed by atoms with van der Waals surface area (Å²) in [4.78, 5) is 18.7. The number of carboxylic acids is 1. The standard InChI is InChI=1S/C16H10BrClN2O2/c17-10-3-4-11-13(7-10)20-12(15(11)16(21)22)5-1-9-2-6-14(18)19-8-9/h1-8,20H,(H,21,22). The lowest BCUT2D eigenvalue weighted by molar-refractivity contribution is 0.0699. The predicted octanol–water partition coefficient (Wildman–Crippen LogP) is 4.85. The largest absolute Gasteiger partial charge is 0.478 e. The van der Waals surface area contributed by atoms with Crippen LogP contribution >= 0.6 is 27.5 Å². The van der Waals surface area contributed by atoms with E-state index in [4.69, 9.17) is 11.6 Å². The number of pyridine rings is 1. The molecule has 0 aliphatic heterocycles. The molecule has 0 bridgehead atoms. The highest BCUT2D eigenvalue weighted by molar-refractivity contribution is 9.10. The number of carbonyl (C=O) groups is 1. The summed E-state index contributed by atoms with van der Waals surface area (Å²) in [6, 6.07) is 8.94. The molecule has 0 saturated heterocycles. The molecule has 3 aromatic rings. The third kappa shape index (κ3) is 2.91. The average Bonchev–Trinajstić information content (AvgIpc) is 2.84. The zero-order chi connectivity index (χ0) is 15.7. The molecule has 0 radical (unpaired) electrons. The molecule has 22 heavy (non-hydrogen) atoms. The van der Waals surface area contributed by atoms with Gasteiger partial charge in [0.1, 0.15) is 5.15 Å². The Labute approximate surface area is 139 Å². The molecule has 0 atom stereocenters. The van der Waals surface area contributed by atoms with Crippen molar-refractivity contribution >= 4 is 56.6 Å². The van der Waals surface area contributed by atoms with Gasteiger partial charge in [0.15, 0.2) is 0 Å². The van der Waals surface area contributed by atoms with Gasteiger partial charge in [-0.05, 0) is 29.8 Å². The van der Waals surface area contributed by atoms with Crippen molar-refractivity contribution in [3.63, 3.8) is 0 Å². The molecule has 6 heteroatoms. The molecule has 0 unspecified atom stereocenters. The zero-order valence-corrected chi connectivity index (χ0v) is 13.5. The Hall–Kier alpha value is -2.11. The second-order valence-corrected chi connectivity index (χ2v) is 5.96. The number of halogens is 2. The van der Waals surface area contributed by atoms with E-state index in [0.29, 0.717) is 16.2 Å². The monoisotopic (exact) mass is 376 g/mol. The molecule has 2 heterocycles. The van der Waals surface area contributed by atoms with Crippen LogP contribution in [-0.4, -0.2) is 21.0 Å². The van der Waals surface area contributed by atoms with Crippen molar-refractivity contribution in [2.45, 2.75) is 0 Å². The van der Waals surface area contributed by atoms with Crippen molar-refractivity contribution in [3.8, 4) is 0 Å². The topological polar surface area (TPSA) is 66.0 Å². The Morgan fingerprint density at radius 2 is 2.09 bits per heavy atom. The molecular weight excluding hydrogens is 368 g/mol. The van der Waals surface area contributed by atoms with Gasteiger partial charge in [0.05, 0.1) is 11.3 Å². The lowest BCUT2D eigenvalue weighted by Crippen LogP contribution is -1.97. The van der Waals surface area contributed by atoms with E-state index in [1.54, 1.807) is 30.5 Å². The minimum absolute atomic E-state index is 0.251. The Morgan fingerprint density at radius 3 is 2.77 bits per heavy atom. The fourth-order valence-corrected chi connectivity index (χ4v) is 2.68. The van der Waals surface area contributed by atoms with E-state index in [2.05, 4.69) is 25.9 Å². The van der Waals surface area contributed by atoms with Crippen LogP contribution in [0.5, 0.6) is 0 Å². The minimum atomic E-state index is -0.970. The first-order chi connectivity index (χ1) is 10.5.